The lowest BCUT2D eigenvalue weighted by atomic mass is 10.2. The summed E-state index contributed by atoms with van der Waals surface area (Å²) in [5.74, 6) is 1.07. The summed E-state index contributed by atoms with van der Waals surface area (Å²) in [7, 11) is 1.91. The molecule has 0 aliphatic carbocycles. The number of benzene rings is 1. The zero-order valence-corrected chi connectivity index (χ0v) is 9.76. The van der Waals surface area contributed by atoms with Gasteiger partial charge in [-0.2, -0.15) is 0 Å². The first-order valence-electron chi connectivity index (χ1n) is 4.07. The Kier molecular flexibility index (Phi) is 4.81. The molecule has 0 atom stereocenters. The van der Waals surface area contributed by atoms with Crippen LogP contribution in [0.25, 0.3) is 10.9 Å². The van der Waals surface area contributed by atoms with Crippen molar-refractivity contribution in [1.29, 1.82) is 0 Å². The number of aryl methyl sites for hydroxylation is 1. The van der Waals surface area contributed by atoms with Gasteiger partial charge in [-0.1, -0.05) is 11.6 Å². The Bertz CT molecular complexity index is 409. The predicted molar refractivity (Wildman–Crippen MR) is 67.1 cm³/mol. The number of fused-ring (bicyclic) bond motifs is 1. The van der Waals surface area contributed by atoms with E-state index in [4.69, 9.17) is 0 Å². The van der Waals surface area contributed by atoms with Gasteiger partial charge < -0.3 is 10.3 Å². The van der Waals surface area contributed by atoms with E-state index >= 15 is 0 Å². The number of hydrogen-bond acceptors (Lipinski definition) is 1. The van der Waals surface area contributed by atoms with E-state index in [1.807, 2.05) is 7.05 Å². The van der Waals surface area contributed by atoms with Crippen LogP contribution < -0.4 is 5.32 Å². The second-order valence-electron chi connectivity index (χ2n) is 3.02. The maximum absolute atomic E-state index is 3.26. The van der Waals surface area contributed by atoms with E-state index in [0.29, 0.717) is 0 Å². The smallest absolute Gasteiger partial charge is 0.104 e. The predicted octanol–water partition coefficient (Wildman–Crippen LogP) is 3.36. The van der Waals surface area contributed by atoms with E-state index in [1.165, 1.54) is 16.5 Å². The number of halogens is 2. The van der Waals surface area contributed by atoms with E-state index in [-0.39, 0.29) is 24.8 Å². The zero-order chi connectivity index (χ0) is 8.55. The summed E-state index contributed by atoms with van der Waals surface area (Å²) >= 11 is 0. The molecule has 2 rings (SSSR count). The SMILES string of the molecule is CNc1cc2cc(C)ccc2[nH]1.Cl.Cl. The summed E-state index contributed by atoms with van der Waals surface area (Å²) in [5.41, 5.74) is 2.48. The minimum Gasteiger partial charge on any atom is -0.375 e. The van der Waals surface area contributed by atoms with Crippen LogP contribution in [0.1, 0.15) is 5.56 Å². The molecule has 0 unspecified atom stereocenters. The quantitative estimate of drug-likeness (QED) is 0.776. The molecule has 2 nitrogen and oxygen atoms in total. The van der Waals surface area contributed by atoms with Crippen molar-refractivity contribution in [2.75, 3.05) is 12.4 Å². The molecule has 4 heteroatoms. The van der Waals surface area contributed by atoms with Gasteiger partial charge in [-0.3, -0.25) is 0 Å². The Morgan fingerprint density at radius 3 is 2.50 bits per heavy atom. The molecule has 1 aromatic heterocycles. The lowest BCUT2D eigenvalue weighted by Crippen LogP contribution is -1.85. The van der Waals surface area contributed by atoms with Crippen LogP contribution in [0.4, 0.5) is 5.82 Å². The fourth-order valence-electron chi connectivity index (χ4n) is 1.39. The third kappa shape index (κ3) is 2.34. The molecular formula is C10H14Cl2N2. The van der Waals surface area contributed by atoms with Crippen LogP contribution >= 0.6 is 24.8 Å². The molecule has 78 valence electrons. The van der Waals surface area contributed by atoms with Crippen LogP contribution in [0, 0.1) is 6.92 Å². The Hall–Kier alpha value is -0.860. The maximum Gasteiger partial charge on any atom is 0.104 e. The third-order valence-electron chi connectivity index (χ3n) is 2.05. The molecule has 0 saturated heterocycles. The largest absolute Gasteiger partial charge is 0.375 e. The van der Waals surface area contributed by atoms with Crippen molar-refractivity contribution in [1.82, 2.24) is 4.98 Å². The molecule has 2 aromatic rings. The molecule has 0 bridgehead atoms. The summed E-state index contributed by atoms with van der Waals surface area (Å²) < 4.78 is 0. The van der Waals surface area contributed by atoms with Crippen molar-refractivity contribution in [2.45, 2.75) is 6.92 Å². The maximum atomic E-state index is 3.26. The van der Waals surface area contributed by atoms with Crippen molar-refractivity contribution in [2.24, 2.45) is 0 Å². The summed E-state index contributed by atoms with van der Waals surface area (Å²) in [6, 6.07) is 8.50. The highest BCUT2D eigenvalue weighted by Gasteiger charge is 1.97. The van der Waals surface area contributed by atoms with Crippen LogP contribution in [-0.4, -0.2) is 12.0 Å². The van der Waals surface area contributed by atoms with Gasteiger partial charge in [-0.25, -0.2) is 0 Å². The van der Waals surface area contributed by atoms with Gasteiger partial charge >= 0.3 is 0 Å². The number of aromatic nitrogens is 1. The molecule has 0 aliphatic rings. The fourth-order valence-corrected chi connectivity index (χ4v) is 1.39. The first kappa shape index (κ1) is 13.1. The van der Waals surface area contributed by atoms with Crippen LogP contribution in [-0.2, 0) is 0 Å². The van der Waals surface area contributed by atoms with Crippen LogP contribution in [0.5, 0.6) is 0 Å². The number of aromatic amines is 1. The van der Waals surface area contributed by atoms with E-state index < -0.39 is 0 Å². The molecule has 14 heavy (non-hydrogen) atoms. The zero-order valence-electron chi connectivity index (χ0n) is 8.13. The number of rotatable bonds is 1. The van der Waals surface area contributed by atoms with Gasteiger partial charge in [-0.05, 0) is 25.1 Å². The topological polar surface area (TPSA) is 27.8 Å². The van der Waals surface area contributed by atoms with Gasteiger partial charge in [-0.15, -0.1) is 24.8 Å². The second kappa shape index (κ2) is 5.13. The Morgan fingerprint density at radius 1 is 1.14 bits per heavy atom. The number of nitrogens with one attached hydrogen (secondary N) is 2. The molecule has 0 saturated carbocycles. The molecule has 0 fully saturated rings. The van der Waals surface area contributed by atoms with Gasteiger partial charge in [0.1, 0.15) is 5.82 Å². The second-order valence-corrected chi connectivity index (χ2v) is 3.02. The monoisotopic (exact) mass is 232 g/mol. The van der Waals surface area contributed by atoms with Gasteiger partial charge in [0.25, 0.3) is 0 Å². The number of anilines is 1. The van der Waals surface area contributed by atoms with E-state index in [0.717, 1.165) is 5.82 Å². The van der Waals surface area contributed by atoms with Crippen molar-refractivity contribution >= 4 is 41.5 Å². The normalized spacial score (nSPS) is 9.00. The average molecular weight is 233 g/mol. The molecule has 2 N–H and O–H groups in total. The molecule has 1 aromatic carbocycles. The summed E-state index contributed by atoms with van der Waals surface area (Å²) in [6.45, 7) is 2.10. The molecule has 1 heterocycles. The van der Waals surface area contributed by atoms with E-state index in [1.54, 1.807) is 0 Å². The summed E-state index contributed by atoms with van der Waals surface area (Å²) in [6.07, 6.45) is 0. The average Bonchev–Trinajstić information content (AvgIpc) is 2.46. The van der Waals surface area contributed by atoms with E-state index in [2.05, 4.69) is 41.5 Å². The third-order valence-corrected chi connectivity index (χ3v) is 2.05. The fraction of sp³-hybridized carbons (Fsp3) is 0.200. The summed E-state index contributed by atoms with van der Waals surface area (Å²) in [4.78, 5) is 3.26. The van der Waals surface area contributed by atoms with E-state index in [9.17, 15) is 0 Å². The molecular weight excluding hydrogens is 219 g/mol. The van der Waals surface area contributed by atoms with Crippen LogP contribution in [0.3, 0.4) is 0 Å². The number of H-pyrrole nitrogens is 1. The minimum atomic E-state index is 0. The van der Waals surface area contributed by atoms with Gasteiger partial charge in [0, 0.05) is 18.0 Å². The lowest BCUT2D eigenvalue weighted by molar-refractivity contribution is 1.38. The Labute approximate surface area is 95.9 Å². The number of hydrogen-bond donors (Lipinski definition) is 2. The van der Waals surface area contributed by atoms with Crippen molar-refractivity contribution < 1.29 is 0 Å². The molecule has 0 radical (unpaired) electrons. The van der Waals surface area contributed by atoms with Crippen molar-refractivity contribution in [3.63, 3.8) is 0 Å². The van der Waals surface area contributed by atoms with Crippen molar-refractivity contribution in [3.05, 3.63) is 29.8 Å². The van der Waals surface area contributed by atoms with Gasteiger partial charge in [0.15, 0.2) is 0 Å². The molecule has 0 aliphatic heterocycles. The molecule has 0 amide bonds. The van der Waals surface area contributed by atoms with Gasteiger partial charge in [0.2, 0.25) is 0 Å². The first-order chi connectivity index (χ1) is 5.79. The highest BCUT2D eigenvalue weighted by atomic mass is 35.5. The first-order valence-corrected chi connectivity index (χ1v) is 4.07. The highest BCUT2D eigenvalue weighted by Crippen LogP contribution is 2.19. The van der Waals surface area contributed by atoms with Crippen LogP contribution in [0.15, 0.2) is 24.3 Å². The Balaban J connectivity index is 0.000000845. The van der Waals surface area contributed by atoms with Gasteiger partial charge in [0.05, 0.1) is 0 Å². The Morgan fingerprint density at radius 2 is 1.86 bits per heavy atom. The van der Waals surface area contributed by atoms with Crippen LogP contribution in [0.2, 0.25) is 0 Å². The highest BCUT2D eigenvalue weighted by molar-refractivity contribution is 5.85. The minimum absolute atomic E-state index is 0. The lowest BCUT2D eigenvalue weighted by Gasteiger charge is -1.90. The standard InChI is InChI=1S/C10H12N2.2ClH/c1-7-3-4-9-8(5-7)6-10(11-2)12-9;;/h3-6,11-12H,1-2H3;2*1H. The molecule has 0 spiro atoms. The van der Waals surface area contributed by atoms with Crippen molar-refractivity contribution in [3.8, 4) is 0 Å². The summed E-state index contributed by atoms with van der Waals surface area (Å²) in [5, 5.41) is 4.34.